The summed E-state index contributed by atoms with van der Waals surface area (Å²) in [6.45, 7) is 8.28. The summed E-state index contributed by atoms with van der Waals surface area (Å²) in [6, 6.07) is 6.83. The second-order valence-electron chi connectivity index (χ2n) is 9.06. The fourth-order valence-corrected chi connectivity index (χ4v) is 5.74. The van der Waals surface area contributed by atoms with E-state index in [-0.39, 0.29) is 30.4 Å². The van der Waals surface area contributed by atoms with Crippen molar-refractivity contribution in [2.45, 2.75) is 58.3 Å². The Morgan fingerprint density at radius 2 is 2.00 bits per heavy atom. The van der Waals surface area contributed by atoms with Crippen LogP contribution in [0.2, 0.25) is 0 Å². The van der Waals surface area contributed by atoms with Crippen molar-refractivity contribution in [2.24, 2.45) is 7.05 Å². The summed E-state index contributed by atoms with van der Waals surface area (Å²) in [7, 11) is 1.69. The van der Waals surface area contributed by atoms with Gasteiger partial charge < -0.3 is 4.90 Å². The molecule has 1 saturated heterocycles. The molecule has 1 fully saturated rings. The van der Waals surface area contributed by atoms with Crippen molar-refractivity contribution in [1.29, 1.82) is 5.26 Å². The molecule has 0 aromatic carbocycles. The Morgan fingerprint density at radius 3 is 2.74 bits per heavy atom. The second-order valence-corrected chi connectivity index (χ2v) is 9.89. The van der Waals surface area contributed by atoms with Crippen LogP contribution in [0.15, 0.2) is 28.6 Å². The first kappa shape index (κ1) is 23.4. The van der Waals surface area contributed by atoms with Gasteiger partial charge in [-0.15, -0.1) is 11.3 Å². The second kappa shape index (κ2) is 9.36. The number of aryl methyl sites for hydroxylation is 1. The van der Waals surface area contributed by atoms with Gasteiger partial charge in [0, 0.05) is 38.3 Å². The van der Waals surface area contributed by atoms with Crippen LogP contribution in [0.25, 0.3) is 21.4 Å². The highest BCUT2D eigenvalue weighted by Crippen LogP contribution is 2.33. The first-order valence-electron chi connectivity index (χ1n) is 12.0. The van der Waals surface area contributed by atoms with Crippen LogP contribution in [0.4, 0.5) is 5.82 Å². The van der Waals surface area contributed by atoms with Gasteiger partial charge in [0.15, 0.2) is 11.3 Å². The third-order valence-corrected chi connectivity index (χ3v) is 7.87. The van der Waals surface area contributed by atoms with Crippen LogP contribution >= 0.6 is 11.3 Å². The van der Waals surface area contributed by atoms with Crippen LogP contribution in [0.3, 0.4) is 0 Å². The highest BCUT2D eigenvalue weighted by atomic mass is 32.1. The van der Waals surface area contributed by atoms with E-state index in [9.17, 15) is 4.79 Å². The minimum atomic E-state index is -0.315. The number of pyridine rings is 1. The van der Waals surface area contributed by atoms with Gasteiger partial charge in [0.1, 0.15) is 11.4 Å². The standard InChI is InChI=1S/C24H29N9OS/c1-5-16-12-33(22-21-20(30(4)24(34)28-22)13-31(29-21)10-9-25)17(6-2)11-32(16)15(3)18-7-8-19-23(27-18)35-14-26-19/h7-8,13-17H,5-6,10-12H2,1-4H3/t15?,16-,17+/m1/s1. The van der Waals surface area contributed by atoms with Crippen LogP contribution in [-0.4, -0.2) is 59.4 Å². The van der Waals surface area contributed by atoms with Crippen LogP contribution in [0.5, 0.6) is 0 Å². The van der Waals surface area contributed by atoms with Crippen molar-refractivity contribution < 1.29 is 0 Å². The minimum Gasteiger partial charge on any atom is -0.349 e. The number of anilines is 1. The topological polar surface area (TPSA) is 109 Å². The summed E-state index contributed by atoms with van der Waals surface area (Å²) < 4.78 is 3.07. The quantitative estimate of drug-likeness (QED) is 0.405. The fourth-order valence-electron chi connectivity index (χ4n) is 5.08. The largest absolute Gasteiger partial charge is 0.349 e. The van der Waals surface area contributed by atoms with E-state index in [1.807, 2.05) is 5.51 Å². The summed E-state index contributed by atoms with van der Waals surface area (Å²) >= 11 is 1.57. The van der Waals surface area contributed by atoms with Crippen LogP contribution in [0.1, 0.15) is 45.3 Å². The van der Waals surface area contributed by atoms with Gasteiger partial charge in [-0.25, -0.2) is 14.8 Å². The number of fused-ring (bicyclic) bond motifs is 2. The molecule has 10 nitrogen and oxygen atoms in total. The lowest BCUT2D eigenvalue weighted by Gasteiger charge is -2.48. The molecule has 0 spiro atoms. The number of hydrogen-bond donors (Lipinski definition) is 0. The van der Waals surface area contributed by atoms with Gasteiger partial charge in [-0.3, -0.25) is 14.1 Å². The molecule has 4 aromatic rings. The van der Waals surface area contributed by atoms with Crippen LogP contribution < -0.4 is 10.6 Å². The number of piperazine rings is 1. The van der Waals surface area contributed by atoms with E-state index in [2.05, 4.69) is 63.8 Å². The highest BCUT2D eigenvalue weighted by molar-refractivity contribution is 7.16. The zero-order valence-corrected chi connectivity index (χ0v) is 21.2. The molecule has 1 unspecified atom stereocenters. The Morgan fingerprint density at radius 1 is 1.20 bits per heavy atom. The average molecular weight is 492 g/mol. The average Bonchev–Trinajstić information content (AvgIpc) is 3.52. The molecule has 0 saturated carbocycles. The molecule has 0 aliphatic carbocycles. The number of rotatable bonds is 6. The molecular formula is C24H29N9OS. The number of thiazole rings is 1. The first-order valence-corrected chi connectivity index (χ1v) is 12.9. The molecule has 3 atom stereocenters. The SMILES string of the molecule is CC[C@H]1CN(C(C)c2ccc3ncsc3n2)[C@H](CC)CN1c1nc(=O)n(C)c2cn(CC#N)nc12. The molecule has 5 heterocycles. The predicted molar refractivity (Wildman–Crippen MR) is 136 cm³/mol. The lowest BCUT2D eigenvalue weighted by molar-refractivity contribution is 0.0989. The summed E-state index contributed by atoms with van der Waals surface area (Å²) in [5, 5.41) is 13.8. The van der Waals surface area contributed by atoms with Gasteiger partial charge in [0.05, 0.1) is 34.5 Å². The van der Waals surface area contributed by atoms with Crippen molar-refractivity contribution in [3.8, 4) is 6.07 Å². The van der Waals surface area contributed by atoms with Crippen LogP contribution in [-0.2, 0) is 13.6 Å². The molecule has 1 aliphatic rings. The van der Waals surface area contributed by atoms with E-state index in [0.29, 0.717) is 16.9 Å². The smallest absolute Gasteiger partial charge is 0.349 e. The van der Waals surface area contributed by atoms with Gasteiger partial charge in [-0.05, 0) is 31.9 Å². The Kier molecular flexibility index (Phi) is 6.25. The summed E-state index contributed by atoms with van der Waals surface area (Å²) in [5.74, 6) is 0.613. The summed E-state index contributed by atoms with van der Waals surface area (Å²) in [5.41, 5.74) is 4.86. The number of hydrogen-bond acceptors (Lipinski definition) is 9. The molecule has 0 amide bonds. The molecule has 11 heteroatoms. The van der Waals surface area contributed by atoms with E-state index < -0.39 is 0 Å². The van der Waals surface area contributed by atoms with Crippen molar-refractivity contribution in [3.63, 3.8) is 0 Å². The molecule has 0 N–H and O–H groups in total. The van der Waals surface area contributed by atoms with E-state index in [1.165, 1.54) is 4.57 Å². The minimum absolute atomic E-state index is 0.125. The Labute approximate surface area is 207 Å². The molecule has 35 heavy (non-hydrogen) atoms. The Balaban J connectivity index is 1.51. The summed E-state index contributed by atoms with van der Waals surface area (Å²) in [4.78, 5) is 32.2. The molecular weight excluding hydrogens is 462 g/mol. The van der Waals surface area contributed by atoms with E-state index >= 15 is 0 Å². The van der Waals surface area contributed by atoms with E-state index in [4.69, 9.17) is 10.2 Å². The Bertz CT molecular complexity index is 1470. The van der Waals surface area contributed by atoms with Crippen molar-refractivity contribution in [3.05, 3.63) is 40.0 Å². The number of aromatic nitrogens is 6. The molecule has 0 radical (unpaired) electrons. The maximum atomic E-state index is 12.8. The van der Waals surface area contributed by atoms with Crippen molar-refractivity contribution in [2.75, 3.05) is 18.0 Å². The molecule has 0 bridgehead atoms. The van der Waals surface area contributed by atoms with Gasteiger partial charge in [0.25, 0.3) is 0 Å². The fraction of sp³-hybridized carbons (Fsp3) is 0.500. The zero-order chi connectivity index (χ0) is 24.7. The van der Waals surface area contributed by atoms with Gasteiger partial charge in [-0.1, -0.05) is 13.8 Å². The van der Waals surface area contributed by atoms with Crippen molar-refractivity contribution in [1.82, 2.24) is 34.2 Å². The van der Waals surface area contributed by atoms with Gasteiger partial charge >= 0.3 is 5.69 Å². The maximum absolute atomic E-state index is 12.8. The number of nitrogens with zero attached hydrogens (tertiary/aromatic N) is 9. The normalized spacial score (nSPS) is 19.9. The summed E-state index contributed by atoms with van der Waals surface area (Å²) in [6.07, 6.45) is 3.61. The third kappa shape index (κ3) is 4.06. The Hall–Kier alpha value is -3.36. The third-order valence-electron chi connectivity index (χ3n) is 7.13. The predicted octanol–water partition coefficient (Wildman–Crippen LogP) is 3.10. The van der Waals surface area contributed by atoms with Gasteiger partial charge in [0.2, 0.25) is 0 Å². The molecule has 182 valence electrons. The lowest BCUT2D eigenvalue weighted by Crippen LogP contribution is -2.59. The lowest BCUT2D eigenvalue weighted by atomic mass is 9.99. The molecule has 1 aliphatic heterocycles. The maximum Gasteiger partial charge on any atom is 0.349 e. The van der Waals surface area contributed by atoms with Crippen LogP contribution in [0, 0.1) is 11.3 Å². The highest BCUT2D eigenvalue weighted by Gasteiger charge is 2.37. The van der Waals surface area contributed by atoms with E-state index in [0.717, 1.165) is 42.0 Å². The van der Waals surface area contributed by atoms with Gasteiger partial charge in [-0.2, -0.15) is 15.3 Å². The van der Waals surface area contributed by atoms with Crippen molar-refractivity contribution >= 4 is 38.5 Å². The van der Waals surface area contributed by atoms with E-state index in [1.54, 1.807) is 29.3 Å². The number of nitriles is 1. The molecule has 4 aromatic heterocycles. The monoisotopic (exact) mass is 491 g/mol. The molecule has 5 rings (SSSR count). The zero-order valence-electron chi connectivity index (χ0n) is 20.4. The first-order chi connectivity index (χ1) is 16.9.